The van der Waals surface area contributed by atoms with Crippen LogP contribution in [0.25, 0.3) is 0 Å². The highest BCUT2D eigenvalue weighted by Gasteiger charge is 2.03. The summed E-state index contributed by atoms with van der Waals surface area (Å²) in [5, 5.41) is 0. The van der Waals surface area contributed by atoms with Gasteiger partial charge in [-0.05, 0) is 18.6 Å². The van der Waals surface area contributed by atoms with E-state index in [0.29, 0.717) is 5.69 Å². The number of nitrogens with zero attached hydrogens (tertiary/aromatic N) is 1. The van der Waals surface area contributed by atoms with Gasteiger partial charge in [-0.15, -0.1) is 0 Å². The van der Waals surface area contributed by atoms with Crippen molar-refractivity contribution < 1.29 is 4.79 Å². The van der Waals surface area contributed by atoms with Crippen LogP contribution in [0.3, 0.4) is 0 Å². The summed E-state index contributed by atoms with van der Waals surface area (Å²) < 4.78 is 0. The standard InChI is InChI=1S/C8H7BrNO/c1-6-2-3-7(4-10-6)8(9)5-11/h2-5,8H,1H2. The van der Waals surface area contributed by atoms with Crippen LogP contribution in [-0.4, -0.2) is 11.3 Å². The van der Waals surface area contributed by atoms with Crippen molar-refractivity contribution in [2.24, 2.45) is 0 Å². The summed E-state index contributed by atoms with van der Waals surface area (Å²) in [7, 11) is 0. The maximum atomic E-state index is 10.3. The van der Waals surface area contributed by atoms with Gasteiger partial charge in [0.1, 0.15) is 6.29 Å². The average Bonchev–Trinajstić information content (AvgIpc) is 2.05. The van der Waals surface area contributed by atoms with Gasteiger partial charge < -0.3 is 4.79 Å². The molecule has 2 nitrogen and oxygen atoms in total. The van der Waals surface area contributed by atoms with E-state index in [1.165, 1.54) is 0 Å². The molecule has 57 valence electrons. The van der Waals surface area contributed by atoms with Crippen LogP contribution in [0.15, 0.2) is 18.3 Å². The van der Waals surface area contributed by atoms with E-state index in [1.807, 2.05) is 6.07 Å². The molecule has 0 saturated carbocycles. The minimum absolute atomic E-state index is 0.254. The zero-order valence-electron chi connectivity index (χ0n) is 5.83. The quantitative estimate of drug-likeness (QED) is 0.554. The molecule has 11 heavy (non-hydrogen) atoms. The van der Waals surface area contributed by atoms with Crippen LogP contribution in [0.1, 0.15) is 16.1 Å². The lowest BCUT2D eigenvalue weighted by Crippen LogP contribution is -1.91. The van der Waals surface area contributed by atoms with Gasteiger partial charge >= 0.3 is 0 Å². The molecule has 1 aromatic rings. The summed E-state index contributed by atoms with van der Waals surface area (Å²) >= 11 is 3.18. The molecule has 0 aliphatic heterocycles. The molecule has 1 unspecified atom stereocenters. The summed E-state index contributed by atoms with van der Waals surface area (Å²) in [5.74, 6) is 0. The Kier molecular flexibility index (Phi) is 2.76. The monoisotopic (exact) mass is 212 g/mol. The number of hydrogen-bond donors (Lipinski definition) is 0. The Bertz CT molecular complexity index is 245. The maximum absolute atomic E-state index is 10.3. The molecule has 1 aromatic heterocycles. The largest absolute Gasteiger partial charge is 0.302 e. The first-order valence-corrected chi connectivity index (χ1v) is 4.03. The molecule has 3 heteroatoms. The summed E-state index contributed by atoms with van der Waals surface area (Å²) in [5.41, 5.74) is 1.56. The van der Waals surface area contributed by atoms with E-state index in [-0.39, 0.29) is 4.83 Å². The zero-order valence-corrected chi connectivity index (χ0v) is 7.41. The molecule has 0 amide bonds. The number of aldehydes is 1. The first-order chi connectivity index (χ1) is 5.24. The fraction of sp³-hybridized carbons (Fsp3) is 0.125. The summed E-state index contributed by atoms with van der Waals surface area (Å²) in [6.45, 7) is 3.63. The van der Waals surface area contributed by atoms with Crippen LogP contribution in [-0.2, 0) is 4.79 Å². The third kappa shape index (κ3) is 2.12. The minimum Gasteiger partial charge on any atom is -0.302 e. The Labute approximate surface area is 73.8 Å². The highest BCUT2D eigenvalue weighted by molar-refractivity contribution is 9.09. The molecule has 0 fully saturated rings. The Morgan fingerprint density at radius 3 is 2.82 bits per heavy atom. The van der Waals surface area contributed by atoms with E-state index in [1.54, 1.807) is 12.3 Å². The predicted octanol–water partition coefficient (Wildman–Crippen LogP) is 1.90. The SMILES string of the molecule is [CH2]c1ccc(C(Br)C=O)cn1. The molecule has 0 aliphatic rings. The highest BCUT2D eigenvalue weighted by atomic mass is 79.9. The molecule has 0 saturated heterocycles. The molecule has 1 radical (unpaired) electrons. The maximum Gasteiger partial charge on any atom is 0.138 e. The Morgan fingerprint density at radius 2 is 2.36 bits per heavy atom. The van der Waals surface area contributed by atoms with E-state index in [2.05, 4.69) is 27.8 Å². The number of carbonyl (C=O) groups excluding carboxylic acids is 1. The Balaban J connectivity index is 2.89. The molecule has 0 N–H and O–H groups in total. The van der Waals surface area contributed by atoms with Crippen LogP contribution in [0.5, 0.6) is 0 Å². The fourth-order valence-electron chi connectivity index (χ4n) is 0.678. The van der Waals surface area contributed by atoms with E-state index in [9.17, 15) is 4.79 Å². The van der Waals surface area contributed by atoms with Gasteiger partial charge in [0.15, 0.2) is 0 Å². The van der Waals surface area contributed by atoms with Crippen molar-refractivity contribution in [1.82, 2.24) is 4.98 Å². The lowest BCUT2D eigenvalue weighted by molar-refractivity contribution is -0.107. The molecule has 0 aromatic carbocycles. The topological polar surface area (TPSA) is 30.0 Å². The van der Waals surface area contributed by atoms with Crippen molar-refractivity contribution >= 4 is 22.2 Å². The van der Waals surface area contributed by atoms with Crippen molar-refractivity contribution in [3.63, 3.8) is 0 Å². The van der Waals surface area contributed by atoms with Gasteiger partial charge in [-0.3, -0.25) is 4.98 Å². The lowest BCUT2D eigenvalue weighted by atomic mass is 10.2. The minimum atomic E-state index is -0.254. The molecule has 1 heterocycles. The number of halogens is 1. The normalized spacial score (nSPS) is 12.5. The van der Waals surface area contributed by atoms with Gasteiger partial charge in [0.25, 0.3) is 0 Å². The van der Waals surface area contributed by atoms with Gasteiger partial charge in [0.05, 0.1) is 4.83 Å². The van der Waals surface area contributed by atoms with E-state index in [0.717, 1.165) is 11.8 Å². The zero-order chi connectivity index (χ0) is 8.27. The molecule has 1 rings (SSSR count). The number of hydrogen-bond acceptors (Lipinski definition) is 2. The van der Waals surface area contributed by atoms with Gasteiger partial charge in [-0.1, -0.05) is 22.0 Å². The van der Waals surface area contributed by atoms with Crippen LogP contribution >= 0.6 is 15.9 Å². The van der Waals surface area contributed by atoms with Crippen molar-refractivity contribution in [3.05, 3.63) is 36.5 Å². The second kappa shape index (κ2) is 3.62. The van der Waals surface area contributed by atoms with E-state index >= 15 is 0 Å². The smallest absolute Gasteiger partial charge is 0.138 e. The van der Waals surface area contributed by atoms with E-state index in [4.69, 9.17) is 0 Å². The molecule has 0 bridgehead atoms. The van der Waals surface area contributed by atoms with Crippen LogP contribution < -0.4 is 0 Å². The highest BCUT2D eigenvalue weighted by Crippen LogP contribution is 2.18. The first kappa shape index (κ1) is 8.40. The number of rotatable bonds is 2. The lowest BCUT2D eigenvalue weighted by Gasteiger charge is -2.00. The Hall–Kier alpha value is -0.700. The molecular formula is C8H7BrNO. The van der Waals surface area contributed by atoms with Gasteiger partial charge in [0, 0.05) is 11.9 Å². The predicted molar refractivity (Wildman–Crippen MR) is 46.4 cm³/mol. The number of aromatic nitrogens is 1. The molecule has 0 spiro atoms. The fourth-order valence-corrected chi connectivity index (χ4v) is 0.948. The number of alkyl halides is 1. The summed E-state index contributed by atoms with van der Waals surface area (Å²) in [6, 6.07) is 3.59. The van der Waals surface area contributed by atoms with Crippen LogP contribution in [0.2, 0.25) is 0 Å². The summed E-state index contributed by atoms with van der Waals surface area (Å²) in [6.07, 6.45) is 2.45. The molecule has 1 atom stereocenters. The second-order valence-corrected chi connectivity index (χ2v) is 3.11. The second-order valence-electron chi connectivity index (χ2n) is 2.12. The summed E-state index contributed by atoms with van der Waals surface area (Å²) in [4.78, 5) is 14.0. The van der Waals surface area contributed by atoms with Crippen molar-refractivity contribution in [2.45, 2.75) is 4.83 Å². The van der Waals surface area contributed by atoms with Crippen molar-refractivity contribution in [1.29, 1.82) is 0 Å². The number of pyridine rings is 1. The first-order valence-electron chi connectivity index (χ1n) is 3.11. The van der Waals surface area contributed by atoms with Gasteiger partial charge in [-0.25, -0.2) is 0 Å². The van der Waals surface area contributed by atoms with Gasteiger partial charge in [-0.2, -0.15) is 0 Å². The van der Waals surface area contributed by atoms with E-state index < -0.39 is 0 Å². The Morgan fingerprint density at radius 1 is 1.64 bits per heavy atom. The third-order valence-corrected chi connectivity index (χ3v) is 2.03. The molecular weight excluding hydrogens is 206 g/mol. The van der Waals surface area contributed by atoms with Crippen LogP contribution in [0, 0.1) is 6.92 Å². The number of carbonyl (C=O) groups is 1. The van der Waals surface area contributed by atoms with Crippen molar-refractivity contribution in [2.75, 3.05) is 0 Å². The van der Waals surface area contributed by atoms with Gasteiger partial charge in [0.2, 0.25) is 0 Å². The average molecular weight is 213 g/mol. The molecule has 0 aliphatic carbocycles. The third-order valence-electron chi connectivity index (χ3n) is 1.29. The van der Waals surface area contributed by atoms with Crippen molar-refractivity contribution in [3.8, 4) is 0 Å². The van der Waals surface area contributed by atoms with Crippen LogP contribution in [0.4, 0.5) is 0 Å².